The van der Waals surface area contributed by atoms with E-state index in [-0.39, 0.29) is 0 Å². The van der Waals surface area contributed by atoms with E-state index in [1.54, 1.807) is 17.7 Å². The minimum absolute atomic E-state index is 0.470. The molecule has 4 aromatic heterocycles. The number of likely N-dealkylation sites (tertiary alicyclic amines) is 1. The van der Waals surface area contributed by atoms with Crippen LogP contribution in [0.2, 0.25) is 0 Å². The Balaban J connectivity index is 1.29. The van der Waals surface area contributed by atoms with E-state index in [9.17, 15) is 0 Å². The van der Waals surface area contributed by atoms with Gasteiger partial charge in [0, 0.05) is 29.7 Å². The first-order chi connectivity index (χ1) is 17.1. The first-order valence-electron chi connectivity index (χ1n) is 12.4. The molecule has 0 amide bonds. The van der Waals surface area contributed by atoms with E-state index in [1.165, 1.54) is 54.7 Å². The van der Waals surface area contributed by atoms with Gasteiger partial charge < -0.3 is 15.2 Å². The lowest BCUT2D eigenvalue weighted by Crippen LogP contribution is -2.43. The Bertz CT molecular complexity index is 1540. The molecule has 5 heterocycles. The van der Waals surface area contributed by atoms with Crippen molar-refractivity contribution >= 4 is 39.1 Å². The van der Waals surface area contributed by atoms with Gasteiger partial charge in [-0.05, 0) is 79.9 Å². The Morgan fingerprint density at radius 1 is 1.11 bits per heavy atom. The average molecular weight is 481 g/mol. The van der Waals surface area contributed by atoms with E-state index in [2.05, 4.69) is 74.3 Å². The van der Waals surface area contributed by atoms with Gasteiger partial charge in [-0.1, -0.05) is 18.2 Å². The number of nitrogen functional groups attached to an aromatic ring is 1. The van der Waals surface area contributed by atoms with Crippen LogP contribution in [-0.4, -0.2) is 44.1 Å². The van der Waals surface area contributed by atoms with Crippen LogP contribution in [0.3, 0.4) is 0 Å². The summed E-state index contributed by atoms with van der Waals surface area (Å²) in [6.45, 7) is 5.93. The van der Waals surface area contributed by atoms with Crippen LogP contribution >= 0.6 is 11.3 Å². The van der Waals surface area contributed by atoms with Crippen molar-refractivity contribution in [1.29, 1.82) is 0 Å². The molecule has 2 aliphatic rings. The van der Waals surface area contributed by atoms with E-state index in [0.717, 1.165) is 39.3 Å². The van der Waals surface area contributed by atoms with Crippen molar-refractivity contribution in [2.24, 2.45) is 5.92 Å². The molecule has 1 saturated heterocycles. The standard InChI is InChI=1S/C28H28N6S/c1-17-10-24(25-4-2-9-35-25)32-23-13-19(5-6-21(17)23)22-15-34(28-26(22)27(29)30-16-31-28)20-11-18(12-20)14-33-7-3-8-33/h2,4-6,9-10,13,15-16,18,20H,3,7-8,11-12,14H2,1H3,(H2,29,30,31). The zero-order chi connectivity index (χ0) is 23.5. The summed E-state index contributed by atoms with van der Waals surface area (Å²) in [7, 11) is 0. The molecule has 5 aromatic rings. The Morgan fingerprint density at radius 2 is 2.00 bits per heavy atom. The Hall–Kier alpha value is -3.29. The third-order valence-corrected chi connectivity index (χ3v) is 8.70. The molecule has 35 heavy (non-hydrogen) atoms. The molecule has 1 saturated carbocycles. The van der Waals surface area contributed by atoms with Crippen molar-refractivity contribution in [1.82, 2.24) is 24.4 Å². The third kappa shape index (κ3) is 3.53. The Labute approximate surface area is 208 Å². The summed E-state index contributed by atoms with van der Waals surface area (Å²) in [5, 5.41) is 4.22. The molecule has 7 heteroatoms. The lowest BCUT2D eigenvalue weighted by atomic mass is 9.79. The quantitative estimate of drug-likeness (QED) is 0.338. The summed E-state index contributed by atoms with van der Waals surface area (Å²) in [4.78, 5) is 17.8. The summed E-state index contributed by atoms with van der Waals surface area (Å²) < 4.78 is 2.35. The van der Waals surface area contributed by atoms with Gasteiger partial charge in [0.2, 0.25) is 0 Å². The Kier molecular flexibility index (Phi) is 4.89. The smallest absolute Gasteiger partial charge is 0.146 e. The maximum atomic E-state index is 6.43. The molecule has 0 bridgehead atoms. The fourth-order valence-electron chi connectivity index (χ4n) is 5.73. The van der Waals surface area contributed by atoms with Crippen molar-refractivity contribution in [3.63, 3.8) is 0 Å². The second-order valence-electron chi connectivity index (χ2n) is 10.1. The second kappa shape index (κ2) is 8.14. The molecule has 7 rings (SSSR count). The van der Waals surface area contributed by atoms with Crippen molar-refractivity contribution < 1.29 is 0 Å². The highest BCUT2D eigenvalue weighted by Gasteiger charge is 2.34. The highest BCUT2D eigenvalue weighted by molar-refractivity contribution is 7.13. The van der Waals surface area contributed by atoms with Gasteiger partial charge in [-0.25, -0.2) is 15.0 Å². The van der Waals surface area contributed by atoms with Crippen LogP contribution in [0.15, 0.2) is 54.3 Å². The number of rotatable bonds is 5. The fourth-order valence-corrected chi connectivity index (χ4v) is 6.42. The normalized spacial score (nSPS) is 20.3. The van der Waals surface area contributed by atoms with E-state index < -0.39 is 0 Å². The molecular formula is C28H28N6S. The molecule has 6 nitrogen and oxygen atoms in total. The van der Waals surface area contributed by atoms with Gasteiger partial charge in [0.15, 0.2) is 0 Å². The number of pyridine rings is 1. The fraction of sp³-hybridized carbons (Fsp3) is 0.321. The van der Waals surface area contributed by atoms with Crippen LogP contribution in [0, 0.1) is 12.8 Å². The van der Waals surface area contributed by atoms with E-state index in [0.29, 0.717) is 11.9 Å². The number of thiophene rings is 1. The van der Waals surface area contributed by atoms with E-state index in [1.807, 2.05) is 0 Å². The van der Waals surface area contributed by atoms with Crippen LogP contribution in [0.4, 0.5) is 5.82 Å². The molecule has 1 aliphatic carbocycles. The molecule has 176 valence electrons. The molecule has 0 unspecified atom stereocenters. The molecule has 1 aromatic carbocycles. The van der Waals surface area contributed by atoms with Crippen molar-refractivity contribution in [3.05, 3.63) is 59.9 Å². The highest BCUT2D eigenvalue weighted by Crippen LogP contribution is 2.43. The van der Waals surface area contributed by atoms with Gasteiger partial charge in [0.05, 0.1) is 21.5 Å². The predicted molar refractivity (Wildman–Crippen MR) is 144 cm³/mol. The topological polar surface area (TPSA) is 72.9 Å². The Morgan fingerprint density at radius 3 is 2.77 bits per heavy atom. The summed E-state index contributed by atoms with van der Waals surface area (Å²) in [5.41, 5.74) is 12.8. The summed E-state index contributed by atoms with van der Waals surface area (Å²) in [6, 6.07) is 13.4. The number of anilines is 1. The van der Waals surface area contributed by atoms with Gasteiger partial charge in [-0.3, -0.25) is 0 Å². The van der Waals surface area contributed by atoms with E-state index in [4.69, 9.17) is 10.7 Å². The summed E-state index contributed by atoms with van der Waals surface area (Å²) >= 11 is 1.72. The predicted octanol–water partition coefficient (Wildman–Crippen LogP) is 5.92. The van der Waals surface area contributed by atoms with Gasteiger partial charge in [0.25, 0.3) is 0 Å². The number of hydrogen-bond donors (Lipinski definition) is 1. The molecular weight excluding hydrogens is 452 g/mol. The second-order valence-corrected chi connectivity index (χ2v) is 11.0. The largest absolute Gasteiger partial charge is 0.383 e. The average Bonchev–Trinajstić information content (AvgIpc) is 3.46. The van der Waals surface area contributed by atoms with Crippen molar-refractivity contribution in [3.8, 4) is 21.7 Å². The number of nitrogens with two attached hydrogens (primary N) is 1. The first-order valence-corrected chi connectivity index (χ1v) is 13.3. The number of aryl methyl sites for hydroxylation is 1. The SMILES string of the molecule is Cc1cc(-c2cccs2)nc2cc(-c3cn(C4CC(CN5CCC5)C4)c4ncnc(N)c34)ccc12. The lowest BCUT2D eigenvalue weighted by Gasteiger charge is -2.42. The zero-order valence-corrected chi connectivity index (χ0v) is 20.6. The van der Waals surface area contributed by atoms with Crippen molar-refractivity contribution in [2.45, 2.75) is 32.2 Å². The number of hydrogen-bond acceptors (Lipinski definition) is 6. The minimum Gasteiger partial charge on any atom is -0.383 e. The number of aromatic nitrogens is 4. The van der Waals surface area contributed by atoms with Gasteiger partial charge in [-0.2, -0.15) is 0 Å². The van der Waals surface area contributed by atoms with Crippen LogP contribution in [0.1, 0.15) is 30.9 Å². The number of nitrogens with zero attached hydrogens (tertiary/aromatic N) is 5. The van der Waals surface area contributed by atoms with Gasteiger partial charge >= 0.3 is 0 Å². The summed E-state index contributed by atoms with van der Waals surface area (Å²) in [6.07, 6.45) is 7.59. The molecule has 0 atom stereocenters. The summed E-state index contributed by atoms with van der Waals surface area (Å²) in [5.74, 6) is 1.32. The van der Waals surface area contributed by atoms with Crippen LogP contribution < -0.4 is 5.73 Å². The van der Waals surface area contributed by atoms with Crippen molar-refractivity contribution in [2.75, 3.05) is 25.4 Å². The maximum absolute atomic E-state index is 6.43. The zero-order valence-electron chi connectivity index (χ0n) is 19.8. The molecule has 2 fully saturated rings. The maximum Gasteiger partial charge on any atom is 0.146 e. The molecule has 2 N–H and O–H groups in total. The van der Waals surface area contributed by atoms with Gasteiger partial charge in [0.1, 0.15) is 17.8 Å². The monoisotopic (exact) mass is 480 g/mol. The number of fused-ring (bicyclic) bond motifs is 2. The third-order valence-electron chi connectivity index (χ3n) is 7.81. The molecule has 1 aliphatic heterocycles. The van der Waals surface area contributed by atoms with Crippen LogP contribution in [0.25, 0.3) is 43.6 Å². The van der Waals surface area contributed by atoms with Gasteiger partial charge in [-0.15, -0.1) is 11.3 Å². The number of benzene rings is 1. The molecule has 0 radical (unpaired) electrons. The first kappa shape index (κ1) is 21.0. The highest BCUT2D eigenvalue weighted by atomic mass is 32.1. The minimum atomic E-state index is 0.470. The van der Waals surface area contributed by atoms with Crippen LogP contribution in [-0.2, 0) is 0 Å². The van der Waals surface area contributed by atoms with E-state index >= 15 is 0 Å². The molecule has 0 spiro atoms. The van der Waals surface area contributed by atoms with Crippen LogP contribution in [0.5, 0.6) is 0 Å². The lowest BCUT2D eigenvalue weighted by molar-refractivity contribution is 0.0921.